The maximum absolute atomic E-state index is 12.1. The molecule has 30 heavy (non-hydrogen) atoms. The Bertz CT molecular complexity index is 917. The molecule has 0 aromatic carbocycles. The fourth-order valence-corrected chi connectivity index (χ4v) is 3.56. The smallest absolute Gasteiger partial charge is 0.240 e. The van der Waals surface area contributed by atoms with E-state index in [0.29, 0.717) is 42.9 Å². The largest absolute Gasteiger partial charge is 0.383 e. The van der Waals surface area contributed by atoms with E-state index in [1.54, 1.807) is 18.0 Å². The van der Waals surface area contributed by atoms with Crippen LogP contribution in [0.5, 0.6) is 0 Å². The van der Waals surface area contributed by atoms with E-state index < -0.39 is 0 Å². The van der Waals surface area contributed by atoms with Crippen LogP contribution in [0.4, 0.5) is 5.82 Å². The van der Waals surface area contributed by atoms with Gasteiger partial charge in [0.1, 0.15) is 12.4 Å². The van der Waals surface area contributed by atoms with Gasteiger partial charge in [-0.3, -0.25) is 19.3 Å². The van der Waals surface area contributed by atoms with Crippen LogP contribution in [-0.2, 0) is 25.7 Å². The molecule has 0 spiro atoms. The second kappa shape index (κ2) is 10.3. The Hall–Kier alpha value is -2.73. The standard InChI is InChI=1S/C18H25N7O4S/c1-3-30-18-22-16(20-7-9-29-2)12-10-21-25(17(12)23-18)8-6-19-13(26)11-24-14(27)4-5-15(24)28/h10H,3-9,11H2,1-2H3,(H,19,26)(H,20,22,23). The number of ether oxygens (including phenoxy) is 1. The van der Waals surface area contributed by atoms with E-state index in [1.807, 2.05) is 6.92 Å². The molecule has 1 aliphatic rings. The average Bonchev–Trinajstić information content (AvgIpc) is 3.27. The zero-order chi connectivity index (χ0) is 21.5. The number of carbonyl (C=O) groups is 3. The van der Waals surface area contributed by atoms with E-state index in [0.717, 1.165) is 16.0 Å². The summed E-state index contributed by atoms with van der Waals surface area (Å²) in [4.78, 5) is 45.5. The van der Waals surface area contributed by atoms with Crippen LogP contribution in [0, 0.1) is 0 Å². The lowest BCUT2D eigenvalue weighted by molar-refractivity contribution is -0.142. The SMILES string of the molecule is CCSc1nc(NCCOC)c2cnn(CCNC(=O)CN3C(=O)CCC3=O)c2n1. The van der Waals surface area contributed by atoms with Crippen LogP contribution >= 0.6 is 11.8 Å². The van der Waals surface area contributed by atoms with Gasteiger partial charge in [0.25, 0.3) is 0 Å². The normalized spacial score (nSPS) is 14.0. The Morgan fingerprint density at radius 2 is 2.00 bits per heavy atom. The number of thioether (sulfide) groups is 1. The minimum Gasteiger partial charge on any atom is -0.383 e. The van der Waals surface area contributed by atoms with Gasteiger partial charge >= 0.3 is 0 Å². The fourth-order valence-electron chi connectivity index (χ4n) is 3.00. The van der Waals surface area contributed by atoms with Crippen molar-refractivity contribution in [3.8, 4) is 0 Å². The van der Waals surface area contributed by atoms with Crippen molar-refractivity contribution in [2.24, 2.45) is 0 Å². The number of fused-ring (bicyclic) bond motifs is 1. The molecular formula is C18H25N7O4S. The highest BCUT2D eigenvalue weighted by Gasteiger charge is 2.30. The van der Waals surface area contributed by atoms with Crippen molar-refractivity contribution in [3.63, 3.8) is 0 Å². The summed E-state index contributed by atoms with van der Waals surface area (Å²) in [6.45, 7) is 3.61. The Kier molecular flexibility index (Phi) is 7.57. The van der Waals surface area contributed by atoms with Gasteiger partial charge in [0.2, 0.25) is 17.7 Å². The van der Waals surface area contributed by atoms with Gasteiger partial charge in [0, 0.05) is 33.0 Å². The van der Waals surface area contributed by atoms with Crippen molar-refractivity contribution in [2.45, 2.75) is 31.5 Å². The van der Waals surface area contributed by atoms with Crippen molar-refractivity contribution in [1.82, 2.24) is 30.0 Å². The van der Waals surface area contributed by atoms with Crippen molar-refractivity contribution in [3.05, 3.63) is 6.20 Å². The number of hydrogen-bond donors (Lipinski definition) is 2. The first-order valence-electron chi connectivity index (χ1n) is 9.72. The molecule has 3 heterocycles. The molecular weight excluding hydrogens is 410 g/mol. The molecule has 162 valence electrons. The van der Waals surface area contributed by atoms with Gasteiger partial charge in [0.15, 0.2) is 10.8 Å². The fraction of sp³-hybridized carbons (Fsp3) is 0.556. The Balaban J connectivity index is 1.64. The van der Waals surface area contributed by atoms with Crippen LogP contribution in [0.15, 0.2) is 11.4 Å². The third kappa shape index (κ3) is 5.25. The topological polar surface area (TPSA) is 131 Å². The van der Waals surface area contributed by atoms with Crippen LogP contribution in [0.1, 0.15) is 19.8 Å². The second-order valence-electron chi connectivity index (χ2n) is 6.54. The summed E-state index contributed by atoms with van der Waals surface area (Å²) in [6, 6.07) is 0. The van der Waals surface area contributed by atoms with E-state index in [1.165, 1.54) is 11.8 Å². The molecule has 0 saturated carbocycles. The molecule has 3 amide bonds. The van der Waals surface area contributed by atoms with Crippen molar-refractivity contribution >= 4 is 46.3 Å². The minimum absolute atomic E-state index is 0.171. The predicted octanol–water partition coefficient (Wildman–Crippen LogP) is 0.262. The molecule has 0 unspecified atom stereocenters. The Morgan fingerprint density at radius 3 is 2.70 bits per heavy atom. The van der Waals surface area contributed by atoms with Gasteiger partial charge in [-0.25, -0.2) is 14.6 Å². The first kappa shape index (κ1) is 22.0. The van der Waals surface area contributed by atoms with Gasteiger partial charge in [-0.05, 0) is 5.75 Å². The number of amides is 3. The number of rotatable bonds is 11. The van der Waals surface area contributed by atoms with Crippen LogP contribution < -0.4 is 10.6 Å². The molecule has 0 radical (unpaired) electrons. The van der Waals surface area contributed by atoms with Crippen molar-refractivity contribution in [1.29, 1.82) is 0 Å². The second-order valence-corrected chi connectivity index (χ2v) is 7.77. The number of carbonyl (C=O) groups excluding carboxylic acids is 3. The first-order chi connectivity index (χ1) is 14.5. The summed E-state index contributed by atoms with van der Waals surface area (Å²) in [6.07, 6.45) is 2.03. The number of nitrogens with one attached hydrogen (secondary N) is 2. The lowest BCUT2D eigenvalue weighted by Crippen LogP contribution is -2.40. The van der Waals surface area contributed by atoms with E-state index in [4.69, 9.17) is 4.74 Å². The highest BCUT2D eigenvalue weighted by Crippen LogP contribution is 2.24. The van der Waals surface area contributed by atoms with Crippen LogP contribution in [0.3, 0.4) is 0 Å². The molecule has 0 aliphatic carbocycles. The number of anilines is 1. The summed E-state index contributed by atoms with van der Waals surface area (Å²) < 4.78 is 6.78. The highest BCUT2D eigenvalue weighted by atomic mass is 32.2. The first-order valence-corrected chi connectivity index (χ1v) is 10.7. The van der Waals surface area contributed by atoms with E-state index in [-0.39, 0.29) is 37.1 Å². The number of likely N-dealkylation sites (tertiary alicyclic amines) is 1. The lowest BCUT2D eigenvalue weighted by atomic mass is 10.4. The molecule has 11 nitrogen and oxygen atoms in total. The summed E-state index contributed by atoms with van der Waals surface area (Å²) in [5, 5.41) is 11.8. The zero-order valence-corrected chi connectivity index (χ0v) is 17.8. The van der Waals surface area contributed by atoms with Gasteiger partial charge in [-0.1, -0.05) is 18.7 Å². The quantitative estimate of drug-likeness (QED) is 0.221. The molecule has 1 saturated heterocycles. The molecule has 1 fully saturated rings. The van der Waals surface area contributed by atoms with Gasteiger partial charge in [0.05, 0.1) is 24.7 Å². The predicted molar refractivity (Wildman–Crippen MR) is 111 cm³/mol. The summed E-state index contributed by atoms with van der Waals surface area (Å²) in [5.74, 6) is 0.531. The van der Waals surface area contributed by atoms with Crippen LogP contribution in [0.25, 0.3) is 11.0 Å². The molecule has 0 bridgehead atoms. The molecule has 2 N–H and O–H groups in total. The lowest BCUT2D eigenvalue weighted by Gasteiger charge is -2.13. The molecule has 2 aromatic rings. The summed E-state index contributed by atoms with van der Waals surface area (Å²) >= 11 is 1.53. The maximum atomic E-state index is 12.1. The van der Waals surface area contributed by atoms with Crippen LogP contribution in [-0.4, -0.2) is 81.5 Å². The van der Waals surface area contributed by atoms with Gasteiger partial charge in [-0.2, -0.15) is 5.10 Å². The van der Waals surface area contributed by atoms with Gasteiger partial charge < -0.3 is 15.4 Å². The highest BCUT2D eigenvalue weighted by molar-refractivity contribution is 7.99. The average molecular weight is 436 g/mol. The molecule has 1 aliphatic heterocycles. The number of nitrogens with zero attached hydrogens (tertiary/aromatic N) is 5. The van der Waals surface area contributed by atoms with Crippen molar-refractivity contribution in [2.75, 3.05) is 44.4 Å². The van der Waals surface area contributed by atoms with Crippen LogP contribution in [0.2, 0.25) is 0 Å². The third-order valence-electron chi connectivity index (χ3n) is 4.45. The minimum atomic E-state index is -0.381. The summed E-state index contributed by atoms with van der Waals surface area (Å²) in [5.41, 5.74) is 0.667. The zero-order valence-electron chi connectivity index (χ0n) is 17.0. The Morgan fingerprint density at radius 1 is 1.23 bits per heavy atom. The number of imide groups is 1. The monoisotopic (exact) mass is 435 g/mol. The number of aromatic nitrogens is 4. The molecule has 3 rings (SSSR count). The number of hydrogen-bond acceptors (Lipinski definition) is 9. The van der Waals surface area contributed by atoms with E-state index >= 15 is 0 Å². The van der Waals surface area contributed by atoms with Gasteiger partial charge in [-0.15, -0.1) is 0 Å². The third-order valence-corrected chi connectivity index (χ3v) is 5.18. The van der Waals surface area contributed by atoms with E-state index in [2.05, 4.69) is 25.7 Å². The molecule has 0 atom stereocenters. The van der Waals surface area contributed by atoms with Crippen molar-refractivity contribution < 1.29 is 19.1 Å². The van der Waals surface area contributed by atoms with E-state index in [9.17, 15) is 14.4 Å². The molecule has 2 aromatic heterocycles. The Labute approximate surface area is 177 Å². The number of methoxy groups -OCH3 is 1. The molecule has 12 heteroatoms. The maximum Gasteiger partial charge on any atom is 0.240 e. The summed E-state index contributed by atoms with van der Waals surface area (Å²) in [7, 11) is 1.64.